The molecule has 0 bridgehead atoms. The highest BCUT2D eigenvalue weighted by molar-refractivity contribution is 6.03. The zero-order chi connectivity index (χ0) is 21.1. The molecule has 0 aromatic heterocycles. The molecule has 2 aromatic carbocycles. The van der Waals surface area contributed by atoms with Gasteiger partial charge in [0.15, 0.2) is 5.78 Å². The van der Waals surface area contributed by atoms with E-state index in [0.29, 0.717) is 12.2 Å². The number of allylic oxidation sites excluding steroid dienone is 4. The molecule has 156 valence electrons. The number of fused-ring (bicyclic) bond motifs is 1. The quantitative estimate of drug-likeness (QED) is 0.442. The molecule has 2 aliphatic carbocycles. The lowest BCUT2D eigenvalue weighted by Crippen LogP contribution is -2.02. The first-order chi connectivity index (χ1) is 14.6. The van der Waals surface area contributed by atoms with Crippen LogP contribution in [0.5, 0.6) is 0 Å². The van der Waals surface area contributed by atoms with Gasteiger partial charge in [0.1, 0.15) is 0 Å². The van der Waals surface area contributed by atoms with Crippen LogP contribution in [0.4, 0.5) is 0 Å². The van der Waals surface area contributed by atoms with Gasteiger partial charge < -0.3 is 0 Å². The summed E-state index contributed by atoms with van der Waals surface area (Å²) in [5, 5.41) is 0. The van der Waals surface area contributed by atoms with Gasteiger partial charge in [-0.3, -0.25) is 4.79 Å². The summed E-state index contributed by atoms with van der Waals surface area (Å²) in [7, 11) is 0. The van der Waals surface area contributed by atoms with Crippen LogP contribution in [0.3, 0.4) is 0 Å². The summed E-state index contributed by atoms with van der Waals surface area (Å²) in [6.45, 7) is 6.82. The van der Waals surface area contributed by atoms with Crippen LogP contribution in [0.1, 0.15) is 85.0 Å². The minimum absolute atomic E-state index is 0.310. The molecule has 0 spiro atoms. The van der Waals surface area contributed by atoms with Crippen molar-refractivity contribution in [3.63, 3.8) is 0 Å². The molecule has 30 heavy (non-hydrogen) atoms. The average molecular weight is 399 g/mol. The van der Waals surface area contributed by atoms with Crippen molar-refractivity contribution in [2.45, 2.75) is 72.1 Å². The lowest BCUT2D eigenvalue weighted by atomic mass is 9.85. The fraction of sp³-hybridized carbons (Fsp3) is 0.414. The number of ketones is 1. The normalized spacial score (nSPS) is 15.2. The molecule has 0 fully saturated rings. The molecule has 0 unspecified atom stereocenters. The maximum atomic E-state index is 12.5. The van der Waals surface area contributed by atoms with Crippen LogP contribution in [-0.4, -0.2) is 5.78 Å². The molecule has 0 radical (unpaired) electrons. The highest BCUT2D eigenvalue weighted by Gasteiger charge is 2.25. The van der Waals surface area contributed by atoms with Gasteiger partial charge in [0.2, 0.25) is 0 Å². The molecular weight excluding hydrogens is 364 g/mol. The summed E-state index contributed by atoms with van der Waals surface area (Å²) in [5.41, 5.74) is 10.2. The maximum Gasteiger partial charge on any atom is 0.163 e. The lowest BCUT2D eigenvalue weighted by molar-refractivity contribution is 0.0994. The number of Topliss-reactive ketones (excluding diaryl/α,β-unsaturated/α-hetero) is 1. The Balaban J connectivity index is 1.75. The Morgan fingerprint density at radius 3 is 2.57 bits per heavy atom. The predicted octanol–water partition coefficient (Wildman–Crippen LogP) is 7.89. The molecule has 0 amide bonds. The first-order valence-corrected chi connectivity index (χ1v) is 11.8. The Bertz CT molecular complexity index is 1000. The summed E-state index contributed by atoms with van der Waals surface area (Å²) in [4.78, 5) is 12.5. The molecule has 0 saturated heterocycles. The summed E-state index contributed by atoms with van der Waals surface area (Å²) in [6, 6.07) is 11.2. The van der Waals surface area contributed by atoms with Gasteiger partial charge >= 0.3 is 0 Å². The van der Waals surface area contributed by atoms with E-state index in [2.05, 4.69) is 69.3 Å². The Hall–Kier alpha value is -2.41. The van der Waals surface area contributed by atoms with Gasteiger partial charge in [0.05, 0.1) is 0 Å². The number of hydrogen-bond acceptors (Lipinski definition) is 1. The van der Waals surface area contributed by atoms with E-state index in [1.807, 2.05) is 0 Å². The van der Waals surface area contributed by atoms with E-state index in [1.165, 1.54) is 64.6 Å². The van der Waals surface area contributed by atoms with Gasteiger partial charge in [0, 0.05) is 12.0 Å². The van der Waals surface area contributed by atoms with E-state index in [-0.39, 0.29) is 0 Å². The van der Waals surface area contributed by atoms with E-state index >= 15 is 0 Å². The molecule has 4 rings (SSSR count). The molecule has 0 atom stereocenters. The summed E-state index contributed by atoms with van der Waals surface area (Å²) in [5.74, 6) is 1.14. The van der Waals surface area contributed by atoms with Crippen LogP contribution >= 0.6 is 0 Å². The molecule has 1 nitrogen and oxygen atoms in total. The van der Waals surface area contributed by atoms with Gasteiger partial charge in [-0.25, -0.2) is 0 Å². The minimum atomic E-state index is 0.310. The van der Waals surface area contributed by atoms with E-state index in [4.69, 9.17) is 0 Å². The lowest BCUT2D eigenvalue weighted by Gasteiger charge is -2.19. The number of hydrogen-bond donors (Lipinski definition) is 0. The SMILES string of the molecule is CCC(CC)CCCc1ccc2c(c1-c1cc(C3=CCC=C3)ccc1C)CCC2=O. The average Bonchev–Trinajstić information content (AvgIpc) is 3.42. The first kappa shape index (κ1) is 20.8. The maximum absolute atomic E-state index is 12.5. The Kier molecular flexibility index (Phi) is 6.37. The van der Waals surface area contributed by atoms with Crippen LogP contribution < -0.4 is 0 Å². The number of carbonyl (C=O) groups excluding carboxylic acids is 1. The molecular formula is C29H34O. The van der Waals surface area contributed by atoms with Crippen molar-refractivity contribution in [2.75, 3.05) is 0 Å². The fourth-order valence-electron chi connectivity index (χ4n) is 5.16. The second-order valence-electron chi connectivity index (χ2n) is 8.95. The van der Waals surface area contributed by atoms with Gasteiger partial charge in [-0.1, -0.05) is 75.6 Å². The van der Waals surface area contributed by atoms with Gasteiger partial charge in [-0.05, 0) is 83.5 Å². The molecule has 2 aromatic rings. The van der Waals surface area contributed by atoms with Crippen molar-refractivity contribution < 1.29 is 4.79 Å². The third-order valence-electron chi connectivity index (χ3n) is 7.13. The predicted molar refractivity (Wildman–Crippen MR) is 128 cm³/mol. The van der Waals surface area contributed by atoms with Crippen LogP contribution in [-0.2, 0) is 12.8 Å². The van der Waals surface area contributed by atoms with Crippen molar-refractivity contribution in [1.82, 2.24) is 0 Å². The number of benzene rings is 2. The molecule has 0 aliphatic heterocycles. The van der Waals surface area contributed by atoms with Crippen molar-refractivity contribution in [3.05, 3.63) is 76.4 Å². The number of rotatable bonds is 8. The standard InChI is InChI=1S/C29H34O/c1-4-21(5-2)9-8-12-23-15-16-25-26(17-18-28(25)30)29(23)27-19-24(14-13-20(27)3)22-10-6-7-11-22/h6,10-11,13-16,19,21H,4-5,7-9,12,17-18H2,1-3H3. The summed E-state index contributed by atoms with van der Waals surface area (Å²) < 4.78 is 0. The molecule has 0 N–H and O–H groups in total. The zero-order valence-corrected chi connectivity index (χ0v) is 18.8. The number of carbonyl (C=O) groups is 1. The van der Waals surface area contributed by atoms with Gasteiger partial charge in [-0.15, -0.1) is 0 Å². The summed E-state index contributed by atoms with van der Waals surface area (Å²) in [6.07, 6.45) is 15.5. The van der Waals surface area contributed by atoms with Crippen molar-refractivity contribution in [1.29, 1.82) is 0 Å². The number of aryl methyl sites for hydroxylation is 2. The Morgan fingerprint density at radius 1 is 1.00 bits per heavy atom. The highest BCUT2D eigenvalue weighted by atomic mass is 16.1. The molecule has 2 aliphatic rings. The molecule has 0 heterocycles. The van der Waals surface area contributed by atoms with Crippen LogP contribution in [0.25, 0.3) is 16.7 Å². The summed E-state index contributed by atoms with van der Waals surface area (Å²) >= 11 is 0. The fourth-order valence-corrected chi connectivity index (χ4v) is 5.16. The van der Waals surface area contributed by atoms with Crippen LogP contribution in [0.2, 0.25) is 0 Å². The van der Waals surface area contributed by atoms with Crippen LogP contribution in [0, 0.1) is 12.8 Å². The Morgan fingerprint density at radius 2 is 1.83 bits per heavy atom. The second kappa shape index (κ2) is 9.16. The van der Waals surface area contributed by atoms with E-state index in [0.717, 1.165) is 30.7 Å². The van der Waals surface area contributed by atoms with E-state index in [9.17, 15) is 4.79 Å². The third-order valence-corrected chi connectivity index (χ3v) is 7.13. The smallest absolute Gasteiger partial charge is 0.163 e. The molecule has 0 saturated carbocycles. The topological polar surface area (TPSA) is 17.1 Å². The highest BCUT2D eigenvalue weighted by Crippen LogP contribution is 2.39. The third kappa shape index (κ3) is 4.08. The molecule has 1 heteroatoms. The largest absolute Gasteiger partial charge is 0.294 e. The first-order valence-electron chi connectivity index (χ1n) is 11.8. The van der Waals surface area contributed by atoms with E-state index in [1.54, 1.807) is 0 Å². The van der Waals surface area contributed by atoms with Crippen molar-refractivity contribution >= 4 is 11.4 Å². The Labute approximate surface area is 181 Å². The van der Waals surface area contributed by atoms with Crippen molar-refractivity contribution in [2.24, 2.45) is 5.92 Å². The minimum Gasteiger partial charge on any atom is -0.294 e. The zero-order valence-electron chi connectivity index (χ0n) is 18.8. The van der Waals surface area contributed by atoms with Crippen molar-refractivity contribution in [3.8, 4) is 11.1 Å². The second-order valence-corrected chi connectivity index (χ2v) is 8.95. The monoisotopic (exact) mass is 398 g/mol. The van der Waals surface area contributed by atoms with Gasteiger partial charge in [-0.2, -0.15) is 0 Å². The van der Waals surface area contributed by atoms with E-state index < -0.39 is 0 Å². The van der Waals surface area contributed by atoms with Gasteiger partial charge in [0.25, 0.3) is 0 Å². The van der Waals surface area contributed by atoms with Crippen LogP contribution in [0.15, 0.2) is 48.6 Å².